The minimum Gasteiger partial charge on any atom is -0.495 e. The summed E-state index contributed by atoms with van der Waals surface area (Å²) in [5.74, 6) is 0.968. The molecule has 1 saturated heterocycles. The average molecular weight is 291 g/mol. The second kappa shape index (κ2) is 8.25. The third-order valence-corrected chi connectivity index (χ3v) is 4.27. The number of benzene rings is 1. The van der Waals surface area contributed by atoms with Gasteiger partial charge in [-0.15, -0.1) is 0 Å². The minimum absolute atomic E-state index is 0.363. The van der Waals surface area contributed by atoms with Gasteiger partial charge in [0.2, 0.25) is 0 Å². The van der Waals surface area contributed by atoms with Gasteiger partial charge >= 0.3 is 0 Å². The molecule has 1 aromatic rings. The molecule has 0 amide bonds. The molecule has 2 N–H and O–H groups in total. The number of para-hydroxylation sites is 2. The summed E-state index contributed by atoms with van der Waals surface area (Å²) in [6, 6.07) is 8.64. The van der Waals surface area contributed by atoms with E-state index < -0.39 is 0 Å². The second-order valence-corrected chi connectivity index (χ2v) is 5.84. The summed E-state index contributed by atoms with van der Waals surface area (Å²) in [6.07, 6.45) is 3.44. The highest BCUT2D eigenvalue weighted by atomic mass is 16.5. The van der Waals surface area contributed by atoms with Gasteiger partial charge in [-0.2, -0.15) is 0 Å². The lowest BCUT2D eigenvalue weighted by Crippen LogP contribution is -2.47. The Balaban J connectivity index is 1.80. The summed E-state index contributed by atoms with van der Waals surface area (Å²) < 4.78 is 5.46. The van der Waals surface area contributed by atoms with Crippen molar-refractivity contribution in [3.05, 3.63) is 24.3 Å². The van der Waals surface area contributed by atoms with Gasteiger partial charge in [0.05, 0.1) is 12.8 Å². The van der Waals surface area contributed by atoms with E-state index in [1.165, 1.54) is 12.1 Å². The Labute approximate surface area is 128 Å². The van der Waals surface area contributed by atoms with Crippen LogP contribution in [0.15, 0.2) is 24.3 Å². The van der Waals surface area contributed by atoms with Crippen LogP contribution in [0.3, 0.4) is 0 Å². The molecule has 1 aliphatic rings. The molecule has 118 valence electrons. The van der Waals surface area contributed by atoms with Gasteiger partial charge in [0.1, 0.15) is 5.75 Å². The molecular weight excluding hydrogens is 262 g/mol. The summed E-state index contributed by atoms with van der Waals surface area (Å²) in [5, 5.41) is 0. The first-order valence-corrected chi connectivity index (χ1v) is 8.10. The van der Waals surface area contributed by atoms with Gasteiger partial charge in [0, 0.05) is 32.2 Å². The number of rotatable bonds is 7. The molecule has 21 heavy (non-hydrogen) atoms. The van der Waals surface area contributed by atoms with Crippen LogP contribution in [0.2, 0.25) is 0 Å². The number of piperazine rings is 1. The number of ether oxygens (including phenoxy) is 1. The molecule has 1 atom stereocenters. The highest BCUT2D eigenvalue weighted by molar-refractivity contribution is 5.58. The zero-order valence-electron chi connectivity index (χ0n) is 13.4. The first-order valence-electron chi connectivity index (χ1n) is 8.10. The van der Waals surface area contributed by atoms with Crippen molar-refractivity contribution >= 4 is 5.69 Å². The molecule has 4 nitrogen and oxygen atoms in total. The van der Waals surface area contributed by atoms with Crippen molar-refractivity contribution in [2.75, 3.05) is 44.7 Å². The normalized spacial score (nSPS) is 17.8. The lowest BCUT2D eigenvalue weighted by Gasteiger charge is -2.37. The van der Waals surface area contributed by atoms with Crippen molar-refractivity contribution in [1.29, 1.82) is 0 Å². The van der Waals surface area contributed by atoms with Crippen molar-refractivity contribution in [2.24, 2.45) is 5.73 Å². The molecule has 1 aromatic carbocycles. The van der Waals surface area contributed by atoms with E-state index in [0.717, 1.165) is 51.3 Å². The van der Waals surface area contributed by atoms with Crippen molar-refractivity contribution in [2.45, 2.75) is 32.2 Å². The van der Waals surface area contributed by atoms with Crippen molar-refractivity contribution in [3.63, 3.8) is 0 Å². The standard InChI is InChI=1S/C17H29N3O/c1-3-6-15(18)9-10-19-11-13-20(14-12-19)16-7-4-5-8-17(16)21-2/h4-5,7-8,15H,3,6,9-14,18H2,1-2H3. The van der Waals surface area contributed by atoms with Gasteiger partial charge in [-0.3, -0.25) is 4.90 Å². The molecule has 1 unspecified atom stereocenters. The van der Waals surface area contributed by atoms with E-state index in [1.807, 2.05) is 12.1 Å². The molecule has 0 radical (unpaired) electrons. The van der Waals surface area contributed by atoms with E-state index in [-0.39, 0.29) is 0 Å². The van der Waals surface area contributed by atoms with Gasteiger partial charge in [0.15, 0.2) is 0 Å². The zero-order chi connectivity index (χ0) is 15.1. The number of nitrogens with two attached hydrogens (primary N) is 1. The highest BCUT2D eigenvalue weighted by Crippen LogP contribution is 2.28. The van der Waals surface area contributed by atoms with Crippen LogP contribution in [0.4, 0.5) is 5.69 Å². The Kier molecular flexibility index (Phi) is 6.33. The molecular formula is C17H29N3O. The SMILES string of the molecule is CCCC(N)CCN1CCN(c2ccccc2OC)CC1. The largest absolute Gasteiger partial charge is 0.495 e. The number of nitrogens with zero attached hydrogens (tertiary/aromatic N) is 2. The average Bonchev–Trinajstić information content (AvgIpc) is 2.54. The maximum atomic E-state index is 6.10. The van der Waals surface area contributed by atoms with Gasteiger partial charge in [-0.25, -0.2) is 0 Å². The van der Waals surface area contributed by atoms with Gasteiger partial charge in [0.25, 0.3) is 0 Å². The second-order valence-electron chi connectivity index (χ2n) is 5.84. The molecule has 0 saturated carbocycles. The van der Waals surface area contributed by atoms with Crippen molar-refractivity contribution in [3.8, 4) is 5.75 Å². The monoisotopic (exact) mass is 291 g/mol. The summed E-state index contributed by atoms with van der Waals surface area (Å²) in [5.41, 5.74) is 7.31. The van der Waals surface area contributed by atoms with E-state index in [2.05, 4.69) is 28.9 Å². The predicted molar refractivity (Wildman–Crippen MR) is 89.1 cm³/mol. The van der Waals surface area contributed by atoms with Crippen LogP contribution in [0, 0.1) is 0 Å². The van der Waals surface area contributed by atoms with Crippen LogP contribution in [-0.2, 0) is 0 Å². The predicted octanol–water partition coefficient (Wildman–Crippen LogP) is 2.33. The van der Waals surface area contributed by atoms with E-state index in [1.54, 1.807) is 7.11 Å². The molecule has 0 bridgehead atoms. The van der Waals surface area contributed by atoms with Crippen LogP contribution >= 0.6 is 0 Å². The van der Waals surface area contributed by atoms with Crippen LogP contribution in [0.1, 0.15) is 26.2 Å². The topological polar surface area (TPSA) is 41.7 Å². The Morgan fingerprint density at radius 3 is 2.52 bits per heavy atom. The number of anilines is 1. The van der Waals surface area contributed by atoms with Gasteiger partial charge < -0.3 is 15.4 Å². The quantitative estimate of drug-likeness (QED) is 0.837. The molecule has 4 heteroatoms. The van der Waals surface area contributed by atoms with Crippen molar-refractivity contribution in [1.82, 2.24) is 4.90 Å². The Morgan fingerprint density at radius 1 is 1.14 bits per heavy atom. The van der Waals surface area contributed by atoms with E-state index >= 15 is 0 Å². The maximum absolute atomic E-state index is 6.10. The molecule has 0 aliphatic carbocycles. The summed E-state index contributed by atoms with van der Waals surface area (Å²) >= 11 is 0. The first-order chi connectivity index (χ1) is 10.2. The Hall–Kier alpha value is -1.26. The van der Waals surface area contributed by atoms with E-state index in [9.17, 15) is 0 Å². The van der Waals surface area contributed by atoms with Gasteiger partial charge in [-0.1, -0.05) is 25.5 Å². The summed E-state index contributed by atoms with van der Waals surface area (Å²) in [7, 11) is 1.74. The maximum Gasteiger partial charge on any atom is 0.142 e. The molecule has 1 heterocycles. The summed E-state index contributed by atoms with van der Waals surface area (Å²) in [6.45, 7) is 7.66. The zero-order valence-corrected chi connectivity index (χ0v) is 13.4. The number of hydrogen-bond acceptors (Lipinski definition) is 4. The van der Waals surface area contributed by atoms with Crippen LogP contribution in [0.25, 0.3) is 0 Å². The Bertz CT molecular complexity index is 416. The molecule has 2 rings (SSSR count). The number of hydrogen-bond donors (Lipinski definition) is 1. The number of methoxy groups -OCH3 is 1. The van der Waals surface area contributed by atoms with E-state index in [4.69, 9.17) is 10.5 Å². The van der Waals surface area contributed by atoms with Crippen molar-refractivity contribution < 1.29 is 4.74 Å². The molecule has 1 aliphatic heterocycles. The molecule has 1 fully saturated rings. The van der Waals surface area contributed by atoms with Crippen LogP contribution in [-0.4, -0.2) is 50.8 Å². The first kappa shape index (κ1) is 16.1. The third-order valence-electron chi connectivity index (χ3n) is 4.27. The Morgan fingerprint density at radius 2 is 1.86 bits per heavy atom. The van der Waals surface area contributed by atoms with Gasteiger partial charge in [-0.05, 0) is 31.5 Å². The van der Waals surface area contributed by atoms with E-state index in [0.29, 0.717) is 6.04 Å². The third kappa shape index (κ3) is 4.61. The fourth-order valence-corrected chi connectivity index (χ4v) is 2.97. The fraction of sp³-hybridized carbons (Fsp3) is 0.647. The molecule has 0 spiro atoms. The lowest BCUT2D eigenvalue weighted by atomic mass is 10.1. The lowest BCUT2D eigenvalue weighted by molar-refractivity contribution is 0.246. The highest BCUT2D eigenvalue weighted by Gasteiger charge is 2.19. The minimum atomic E-state index is 0.363. The summed E-state index contributed by atoms with van der Waals surface area (Å²) in [4.78, 5) is 4.95. The van der Waals surface area contributed by atoms with Crippen LogP contribution in [0.5, 0.6) is 5.75 Å². The molecule has 0 aromatic heterocycles. The fourth-order valence-electron chi connectivity index (χ4n) is 2.97. The van der Waals surface area contributed by atoms with Crippen LogP contribution < -0.4 is 15.4 Å². The smallest absolute Gasteiger partial charge is 0.142 e.